The predicted molar refractivity (Wildman–Crippen MR) is 158 cm³/mol. The van der Waals surface area contributed by atoms with Crippen molar-refractivity contribution in [3.05, 3.63) is 23.0 Å². The molecule has 4 rings (SSSR count). The molecule has 4 aliphatic rings. The normalized spacial score (nSPS) is 38.0. The highest BCUT2D eigenvalue weighted by molar-refractivity contribution is 5.98. The van der Waals surface area contributed by atoms with Gasteiger partial charge in [0.05, 0.1) is 25.2 Å². The molecule has 1 aliphatic heterocycles. The van der Waals surface area contributed by atoms with Crippen molar-refractivity contribution in [2.24, 2.45) is 45.7 Å². The summed E-state index contributed by atoms with van der Waals surface area (Å²) in [5.41, 5.74) is 2.97. The number of methoxy groups -OCH3 is 1. The number of carbonyl (C=O) groups excluding carboxylic acids is 5. The Hall–Kier alpha value is -3.09. The number of carbonyl (C=O) groups is 5. The van der Waals surface area contributed by atoms with E-state index in [9.17, 15) is 34.2 Å². The van der Waals surface area contributed by atoms with Crippen molar-refractivity contribution in [3.63, 3.8) is 0 Å². The fourth-order valence-corrected chi connectivity index (χ4v) is 9.19. The molecule has 0 spiro atoms. The van der Waals surface area contributed by atoms with Gasteiger partial charge in [-0.2, -0.15) is 0 Å². The van der Waals surface area contributed by atoms with Crippen LogP contribution in [-0.4, -0.2) is 77.9 Å². The number of hydrogen-bond donors (Lipinski definition) is 3. The van der Waals surface area contributed by atoms with Gasteiger partial charge in [0, 0.05) is 29.7 Å². The Morgan fingerprint density at radius 2 is 1.80 bits per heavy atom. The van der Waals surface area contributed by atoms with E-state index in [1.165, 1.54) is 20.1 Å². The van der Waals surface area contributed by atoms with Crippen LogP contribution in [0.2, 0.25) is 0 Å². The molecule has 0 aromatic carbocycles. The summed E-state index contributed by atoms with van der Waals surface area (Å²) in [6, 6.07) is -0.929. The molecule has 250 valence electrons. The zero-order valence-electron chi connectivity index (χ0n) is 27.4. The Kier molecular flexibility index (Phi) is 9.47. The summed E-state index contributed by atoms with van der Waals surface area (Å²) in [5.74, 6) is -6.24. The lowest BCUT2D eigenvalue weighted by Gasteiger charge is -2.70. The van der Waals surface area contributed by atoms with Crippen molar-refractivity contribution in [2.75, 3.05) is 13.7 Å². The number of ether oxygens (including phenoxy) is 4. The number of rotatable bonds is 8. The Morgan fingerprint density at radius 3 is 2.36 bits per heavy atom. The van der Waals surface area contributed by atoms with Crippen LogP contribution in [0.15, 0.2) is 23.0 Å². The molecule has 0 radical (unpaired) electrons. The van der Waals surface area contributed by atoms with Gasteiger partial charge in [-0.15, -0.1) is 0 Å². The van der Waals surface area contributed by atoms with Crippen molar-refractivity contribution >= 4 is 29.7 Å². The number of allylic oxidation sites excluding steroid dienone is 3. The first-order valence-electron chi connectivity index (χ1n) is 15.5. The minimum absolute atomic E-state index is 0.0899. The minimum atomic E-state index is -1.61. The third kappa shape index (κ3) is 5.52. The van der Waals surface area contributed by atoms with Gasteiger partial charge in [0.1, 0.15) is 12.1 Å². The molecule has 0 bridgehead atoms. The van der Waals surface area contributed by atoms with Crippen LogP contribution in [0.5, 0.6) is 0 Å². The molecule has 0 aromatic heterocycles. The lowest BCUT2D eigenvalue weighted by Crippen LogP contribution is -2.77. The van der Waals surface area contributed by atoms with Gasteiger partial charge in [0.15, 0.2) is 11.5 Å². The van der Waals surface area contributed by atoms with E-state index in [0.29, 0.717) is 17.6 Å². The molecule has 10 unspecified atom stereocenters. The molecule has 1 saturated heterocycles. The topological polar surface area (TPSA) is 189 Å². The van der Waals surface area contributed by atoms with E-state index in [1.54, 1.807) is 20.8 Å². The highest BCUT2D eigenvalue weighted by atomic mass is 16.6. The number of aliphatic hydroxyl groups excluding tert-OH is 2. The van der Waals surface area contributed by atoms with Crippen LogP contribution in [0.4, 0.5) is 0 Å². The zero-order valence-corrected chi connectivity index (χ0v) is 27.4. The third-order valence-electron chi connectivity index (χ3n) is 10.7. The Balaban J connectivity index is 1.87. The van der Waals surface area contributed by atoms with Crippen molar-refractivity contribution in [3.8, 4) is 0 Å². The fourth-order valence-electron chi connectivity index (χ4n) is 9.19. The molecule has 1 heterocycles. The van der Waals surface area contributed by atoms with E-state index >= 15 is 0 Å². The fraction of sp³-hybridized carbons (Fsp3) is 0.727. The maximum absolute atomic E-state index is 13.8. The lowest BCUT2D eigenvalue weighted by atomic mass is 9.36. The largest absolute Gasteiger partial charge is 0.469 e. The molecular formula is C33H47NO11. The Morgan fingerprint density at radius 1 is 1.16 bits per heavy atom. The second kappa shape index (κ2) is 12.3. The van der Waals surface area contributed by atoms with Gasteiger partial charge in [0.25, 0.3) is 0 Å². The molecule has 12 heteroatoms. The summed E-state index contributed by atoms with van der Waals surface area (Å²) >= 11 is 0. The monoisotopic (exact) mass is 633 g/mol. The number of Topliss-reactive ketones (excluding diaryl/α,β-unsaturated/α-hetero) is 1. The summed E-state index contributed by atoms with van der Waals surface area (Å²) in [7, 11) is 1.18. The molecule has 2 saturated carbocycles. The van der Waals surface area contributed by atoms with Crippen LogP contribution in [-0.2, 0) is 42.9 Å². The molecule has 0 aromatic rings. The van der Waals surface area contributed by atoms with Crippen molar-refractivity contribution in [2.45, 2.75) is 98.5 Å². The SMILES string of the molecule is COC(=O)C1(C)CC(O)C2C3(C)CC(=O)C(OC(=O)C(N)CC(C)C)=C(C)C3CC3OC(=O)C(OC(=O)C=C(C)C)C1C32CO. The standard InChI is InChI=1S/C33H47NO11/c1-15(2)9-19(34)28(39)45-24-17(5)18-11-22-33(14-35)26(31(18,6)12-20(24)36)21(37)13-32(7,30(41)42-8)27(33)25(29(40)43-22)44-23(38)10-16(3)4/h10,15,18-19,21-22,25-27,35,37H,9,11-14,34H2,1-8H3. The highest BCUT2D eigenvalue weighted by Gasteiger charge is 2.77. The van der Waals surface area contributed by atoms with Crippen LogP contribution >= 0.6 is 0 Å². The molecule has 10 atom stereocenters. The number of aliphatic hydroxyl groups is 2. The number of nitrogens with two attached hydrogens (primary N) is 1. The quantitative estimate of drug-likeness (QED) is 0.201. The first-order chi connectivity index (χ1) is 20.9. The lowest BCUT2D eigenvalue weighted by molar-refractivity contribution is -0.305. The van der Waals surface area contributed by atoms with E-state index in [-0.39, 0.29) is 30.9 Å². The van der Waals surface area contributed by atoms with Gasteiger partial charge < -0.3 is 34.9 Å². The van der Waals surface area contributed by atoms with Crippen molar-refractivity contribution in [1.82, 2.24) is 0 Å². The molecule has 3 aliphatic carbocycles. The molecule has 0 amide bonds. The molecule has 45 heavy (non-hydrogen) atoms. The first-order valence-corrected chi connectivity index (χ1v) is 15.5. The van der Waals surface area contributed by atoms with Gasteiger partial charge in [-0.3, -0.25) is 9.59 Å². The van der Waals surface area contributed by atoms with Crippen LogP contribution in [0.1, 0.15) is 74.1 Å². The van der Waals surface area contributed by atoms with E-state index in [4.69, 9.17) is 24.7 Å². The summed E-state index contributed by atoms with van der Waals surface area (Å²) < 4.78 is 22.4. The Labute approximate surface area is 263 Å². The van der Waals surface area contributed by atoms with Gasteiger partial charge in [0.2, 0.25) is 6.10 Å². The van der Waals surface area contributed by atoms with Crippen LogP contribution < -0.4 is 5.73 Å². The third-order valence-corrected chi connectivity index (χ3v) is 10.7. The second-order valence-electron chi connectivity index (χ2n) is 14.5. The van der Waals surface area contributed by atoms with Crippen LogP contribution in [0.3, 0.4) is 0 Å². The van der Waals surface area contributed by atoms with Crippen LogP contribution in [0.25, 0.3) is 0 Å². The molecular weight excluding hydrogens is 586 g/mol. The second-order valence-corrected chi connectivity index (χ2v) is 14.5. The molecule has 3 fully saturated rings. The maximum Gasteiger partial charge on any atom is 0.348 e. The predicted octanol–water partition coefficient (Wildman–Crippen LogP) is 2.13. The van der Waals surface area contributed by atoms with Gasteiger partial charge in [-0.25, -0.2) is 14.4 Å². The average Bonchev–Trinajstić information content (AvgIpc) is 2.93. The number of hydrogen-bond acceptors (Lipinski definition) is 12. The minimum Gasteiger partial charge on any atom is -0.469 e. The summed E-state index contributed by atoms with van der Waals surface area (Å²) in [5, 5.41) is 23.3. The molecule has 4 N–H and O–H groups in total. The maximum atomic E-state index is 13.8. The van der Waals surface area contributed by atoms with Gasteiger partial charge in [-0.1, -0.05) is 26.3 Å². The smallest absolute Gasteiger partial charge is 0.348 e. The van der Waals surface area contributed by atoms with E-state index < -0.39 is 94.6 Å². The molecule has 12 nitrogen and oxygen atoms in total. The number of esters is 4. The van der Waals surface area contributed by atoms with Gasteiger partial charge in [-0.05, 0) is 69.8 Å². The summed E-state index contributed by atoms with van der Waals surface area (Å²) in [6.07, 6.45) is -2.61. The van der Waals surface area contributed by atoms with E-state index in [0.717, 1.165) is 0 Å². The highest BCUT2D eigenvalue weighted by Crippen LogP contribution is 2.71. The summed E-state index contributed by atoms with van der Waals surface area (Å²) in [4.78, 5) is 66.7. The van der Waals surface area contributed by atoms with E-state index in [2.05, 4.69) is 0 Å². The van der Waals surface area contributed by atoms with Crippen LogP contribution in [0, 0.1) is 39.9 Å². The van der Waals surface area contributed by atoms with Crippen molar-refractivity contribution < 1.29 is 53.1 Å². The van der Waals surface area contributed by atoms with E-state index in [1.807, 2.05) is 20.8 Å². The zero-order chi connectivity index (χ0) is 33.8. The Bertz CT molecular complexity index is 1330. The van der Waals surface area contributed by atoms with Crippen molar-refractivity contribution in [1.29, 1.82) is 0 Å². The summed E-state index contributed by atoms with van der Waals surface area (Å²) in [6.45, 7) is 11.6. The van der Waals surface area contributed by atoms with Gasteiger partial charge >= 0.3 is 23.9 Å². The number of ketones is 1. The average molecular weight is 634 g/mol. The first kappa shape index (κ1) is 34.8. The number of fused-ring (bicyclic) bond motifs is 2.